The third kappa shape index (κ3) is 4.22. The quantitative estimate of drug-likeness (QED) is 0.847. The lowest BCUT2D eigenvalue weighted by Crippen LogP contribution is -2.31. The predicted molar refractivity (Wildman–Crippen MR) is 100 cm³/mol. The van der Waals surface area contributed by atoms with E-state index in [9.17, 15) is 14.7 Å². The summed E-state index contributed by atoms with van der Waals surface area (Å²) >= 11 is 0. The summed E-state index contributed by atoms with van der Waals surface area (Å²) < 4.78 is 10.3. The molecule has 0 spiro atoms. The number of benzene rings is 2. The number of methoxy groups -OCH3 is 2. The molecule has 6 nitrogen and oxygen atoms in total. The fourth-order valence-corrected chi connectivity index (χ4v) is 3.48. The van der Waals surface area contributed by atoms with Crippen LogP contribution in [0.4, 0.5) is 0 Å². The molecular weight excluding hydrogens is 346 g/mol. The maximum absolute atomic E-state index is 12.7. The lowest BCUT2D eigenvalue weighted by Gasteiger charge is -2.17. The van der Waals surface area contributed by atoms with Gasteiger partial charge in [-0.05, 0) is 35.4 Å². The summed E-state index contributed by atoms with van der Waals surface area (Å²) in [5.74, 6) is -0.335. The largest absolute Gasteiger partial charge is 0.497 e. The lowest BCUT2D eigenvalue weighted by molar-refractivity contribution is -0.141. The maximum Gasteiger partial charge on any atom is 0.308 e. The number of aliphatic carboxylic acids is 1. The van der Waals surface area contributed by atoms with Crippen LogP contribution in [0.15, 0.2) is 48.5 Å². The van der Waals surface area contributed by atoms with E-state index in [1.54, 1.807) is 19.1 Å². The molecular formula is C21H23NO5. The van der Waals surface area contributed by atoms with Gasteiger partial charge in [0, 0.05) is 19.0 Å². The summed E-state index contributed by atoms with van der Waals surface area (Å²) in [5, 5.41) is 9.62. The standard InChI is InChI=1S/C21H23NO5/c1-26-16-7-3-14(4-8-16)11-20(23)22-12-18(19(13-22)21(24)25)15-5-9-17(27-2)10-6-15/h3-10,18-19H,11-13H2,1-2H3,(H,24,25)/t18-,19+/m0/s1. The molecule has 27 heavy (non-hydrogen) atoms. The molecule has 1 amide bonds. The molecule has 142 valence electrons. The fraction of sp³-hybridized carbons (Fsp3) is 0.333. The van der Waals surface area contributed by atoms with Gasteiger partial charge in [-0.2, -0.15) is 0 Å². The number of nitrogens with zero attached hydrogens (tertiary/aromatic N) is 1. The zero-order valence-electron chi connectivity index (χ0n) is 15.4. The Bertz CT molecular complexity index is 800. The van der Waals surface area contributed by atoms with Crippen molar-refractivity contribution in [3.05, 3.63) is 59.7 Å². The van der Waals surface area contributed by atoms with E-state index in [1.807, 2.05) is 48.5 Å². The fourth-order valence-electron chi connectivity index (χ4n) is 3.48. The van der Waals surface area contributed by atoms with Crippen molar-refractivity contribution in [1.82, 2.24) is 4.90 Å². The van der Waals surface area contributed by atoms with Crippen molar-refractivity contribution < 1.29 is 24.2 Å². The molecule has 1 aliphatic rings. The van der Waals surface area contributed by atoms with Crippen LogP contribution in [-0.4, -0.2) is 49.2 Å². The zero-order chi connectivity index (χ0) is 19.4. The topological polar surface area (TPSA) is 76.1 Å². The number of carbonyl (C=O) groups excluding carboxylic acids is 1. The van der Waals surface area contributed by atoms with Crippen molar-refractivity contribution in [3.8, 4) is 11.5 Å². The van der Waals surface area contributed by atoms with Crippen LogP contribution in [0.5, 0.6) is 11.5 Å². The lowest BCUT2D eigenvalue weighted by atomic mass is 9.89. The van der Waals surface area contributed by atoms with Gasteiger partial charge in [-0.15, -0.1) is 0 Å². The number of amides is 1. The minimum atomic E-state index is -0.879. The number of hydrogen-bond acceptors (Lipinski definition) is 4. The average molecular weight is 369 g/mol. The van der Waals surface area contributed by atoms with Crippen LogP contribution in [0.1, 0.15) is 17.0 Å². The number of carbonyl (C=O) groups is 2. The van der Waals surface area contributed by atoms with Gasteiger partial charge >= 0.3 is 5.97 Å². The summed E-state index contributed by atoms with van der Waals surface area (Å²) in [6.07, 6.45) is 0.242. The molecule has 3 rings (SSSR count). The van der Waals surface area contributed by atoms with E-state index in [0.29, 0.717) is 6.54 Å². The Morgan fingerprint density at radius 1 is 0.963 bits per heavy atom. The molecule has 1 fully saturated rings. The highest BCUT2D eigenvalue weighted by molar-refractivity contribution is 5.81. The summed E-state index contributed by atoms with van der Waals surface area (Å²) in [7, 11) is 3.18. The molecule has 2 aromatic carbocycles. The van der Waals surface area contributed by atoms with Crippen molar-refractivity contribution in [1.29, 1.82) is 0 Å². The van der Waals surface area contributed by atoms with Crippen molar-refractivity contribution in [3.63, 3.8) is 0 Å². The number of carboxylic acid groups (broad SMARTS) is 1. The second-order valence-electron chi connectivity index (χ2n) is 6.65. The van der Waals surface area contributed by atoms with E-state index in [-0.39, 0.29) is 24.8 Å². The van der Waals surface area contributed by atoms with Crippen molar-refractivity contribution >= 4 is 11.9 Å². The van der Waals surface area contributed by atoms with E-state index in [0.717, 1.165) is 22.6 Å². The molecule has 0 aliphatic carbocycles. The van der Waals surface area contributed by atoms with Crippen LogP contribution in [0, 0.1) is 5.92 Å². The van der Waals surface area contributed by atoms with E-state index in [1.165, 1.54) is 0 Å². The highest BCUT2D eigenvalue weighted by atomic mass is 16.5. The van der Waals surface area contributed by atoms with Gasteiger partial charge < -0.3 is 19.5 Å². The third-order valence-corrected chi connectivity index (χ3v) is 5.05. The number of likely N-dealkylation sites (tertiary alicyclic amines) is 1. The molecule has 1 N–H and O–H groups in total. The van der Waals surface area contributed by atoms with Gasteiger partial charge in [0.2, 0.25) is 5.91 Å². The zero-order valence-corrected chi connectivity index (χ0v) is 15.4. The minimum absolute atomic E-state index is 0.0672. The van der Waals surface area contributed by atoms with Crippen LogP contribution in [0.25, 0.3) is 0 Å². The van der Waals surface area contributed by atoms with Gasteiger partial charge in [0.05, 0.1) is 26.6 Å². The Kier molecular flexibility index (Phi) is 5.64. The number of rotatable bonds is 6. The highest BCUT2D eigenvalue weighted by Gasteiger charge is 2.40. The maximum atomic E-state index is 12.7. The molecule has 0 bridgehead atoms. The molecule has 0 unspecified atom stereocenters. The van der Waals surface area contributed by atoms with Gasteiger partial charge in [0.25, 0.3) is 0 Å². The summed E-state index contributed by atoms with van der Waals surface area (Å²) in [5.41, 5.74) is 1.78. The van der Waals surface area contributed by atoms with E-state index in [2.05, 4.69) is 0 Å². The molecule has 6 heteroatoms. The molecule has 0 saturated carbocycles. The minimum Gasteiger partial charge on any atom is -0.497 e. The Labute approximate surface area is 158 Å². The van der Waals surface area contributed by atoms with Crippen LogP contribution in [0.3, 0.4) is 0 Å². The van der Waals surface area contributed by atoms with Gasteiger partial charge in [-0.3, -0.25) is 9.59 Å². The number of hydrogen-bond donors (Lipinski definition) is 1. The predicted octanol–water partition coefficient (Wildman–Crippen LogP) is 2.57. The van der Waals surface area contributed by atoms with Crippen molar-refractivity contribution in [2.75, 3.05) is 27.3 Å². The van der Waals surface area contributed by atoms with Gasteiger partial charge in [0.1, 0.15) is 11.5 Å². The summed E-state index contributed by atoms with van der Waals surface area (Å²) in [6.45, 7) is 0.624. The monoisotopic (exact) mass is 369 g/mol. The number of ether oxygens (including phenoxy) is 2. The summed E-state index contributed by atoms with van der Waals surface area (Å²) in [4.78, 5) is 26.1. The third-order valence-electron chi connectivity index (χ3n) is 5.05. The Morgan fingerprint density at radius 2 is 1.52 bits per heavy atom. The molecule has 2 aromatic rings. The van der Waals surface area contributed by atoms with E-state index < -0.39 is 11.9 Å². The van der Waals surface area contributed by atoms with Crippen LogP contribution in [0.2, 0.25) is 0 Å². The Hall–Kier alpha value is -3.02. The van der Waals surface area contributed by atoms with Crippen LogP contribution >= 0.6 is 0 Å². The first-order valence-corrected chi connectivity index (χ1v) is 8.79. The average Bonchev–Trinajstić information content (AvgIpc) is 3.14. The molecule has 1 heterocycles. The summed E-state index contributed by atoms with van der Waals surface area (Å²) in [6, 6.07) is 14.7. The first-order valence-electron chi connectivity index (χ1n) is 8.79. The second-order valence-corrected chi connectivity index (χ2v) is 6.65. The Balaban J connectivity index is 1.72. The first kappa shape index (κ1) is 18.8. The molecule has 0 aromatic heterocycles. The normalized spacial score (nSPS) is 19.0. The highest BCUT2D eigenvalue weighted by Crippen LogP contribution is 2.34. The SMILES string of the molecule is COc1ccc(CC(=O)N2C[C@@H](C(=O)O)[C@H](c3ccc(OC)cc3)C2)cc1. The van der Waals surface area contributed by atoms with Gasteiger partial charge in [0.15, 0.2) is 0 Å². The van der Waals surface area contributed by atoms with Crippen LogP contribution < -0.4 is 9.47 Å². The van der Waals surface area contributed by atoms with Crippen LogP contribution in [-0.2, 0) is 16.0 Å². The molecule has 1 saturated heterocycles. The molecule has 1 aliphatic heterocycles. The molecule has 0 radical (unpaired) electrons. The van der Waals surface area contributed by atoms with Gasteiger partial charge in [-0.1, -0.05) is 24.3 Å². The number of carboxylic acids is 1. The second kappa shape index (κ2) is 8.12. The van der Waals surface area contributed by atoms with E-state index >= 15 is 0 Å². The Morgan fingerprint density at radius 3 is 2.04 bits per heavy atom. The smallest absolute Gasteiger partial charge is 0.308 e. The molecule has 2 atom stereocenters. The van der Waals surface area contributed by atoms with Crippen molar-refractivity contribution in [2.24, 2.45) is 5.92 Å². The van der Waals surface area contributed by atoms with Gasteiger partial charge in [-0.25, -0.2) is 0 Å². The van der Waals surface area contributed by atoms with Crippen molar-refractivity contribution in [2.45, 2.75) is 12.3 Å². The first-order chi connectivity index (χ1) is 13.0. The van der Waals surface area contributed by atoms with E-state index in [4.69, 9.17) is 9.47 Å².